The van der Waals surface area contributed by atoms with E-state index >= 15 is 0 Å². The van der Waals surface area contributed by atoms with Crippen LogP contribution in [0.25, 0.3) is 10.9 Å². The Hall–Kier alpha value is -2.90. The van der Waals surface area contributed by atoms with Gasteiger partial charge in [-0.15, -0.1) is 11.8 Å². The SMILES string of the molecule is O=C(CSc1cn(Cc2ccc(Br)cc2)c2ccccc12)Nc1ccc2c(c1)OCCO2. The average molecular weight is 509 g/mol. The van der Waals surface area contributed by atoms with E-state index in [2.05, 4.69) is 68.4 Å². The van der Waals surface area contributed by atoms with Crippen molar-refractivity contribution in [3.05, 3.63) is 83.0 Å². The van der Waals surface area contributed by atoms with Gasteiger partial charge in [-0.3, -0.25) is 4.79 Å². The van der Waals surface area contributed by atoms with Gasteiger partial charge in [-0.1, -0.05) is 46.3 Å². The Balaban J connectivity index is 1.29. The zero-order chi connectivity index (χ0) is 21.9. The number of rotatable bonds is 6. The molecule has 1 aliphatic heterocycles. The number of aromatic nitrogens is 1. The van der Waals surface area contributed by atoms with E-state index in [9.17, 15) is 4.79 Å². The number of anilines is 1. The van der Waals surface area contributed by atoms with E-state index in [0.29, 0.717) is 36.2 Å². The van der Waals surface area contributed by atoms with E-state index in [0.717, 1.165) is 26.8 Å². The first kappa shape index (κ1) is 21.0. The minimum Gasteiger partial charge on any atom is -0.486 e. The fourth-order valence-electron chi connectivity index (χ4n) is 3.71. The van der Waals surface area contributed by atoms with Crippen LogP contribution in [0.15, 0.2) is 82.3 Å². The van der Waals surface area contributed by atoms with Crippen molar-refractivity contribution in [1.29, 1.82) is 0 Å². The van der Waals surface area contributed by atoms with Crippen molar-refractivity contribution >= 4 is 50.2 Å². The molecule has 162 valence electrons. The molecule has 4 aromatic rings. The van der Waals surface area contributed by atoms with Crippen LogP contribution in [-0.4, -0.2) is 29.4 Å². The van der Waals surface area contributed by atoms with Gasteiger partial charge in [0.1, 0.15) is 13.2 Å². The number of carbonyl (C=O) groups is 1. The molecule has 0 atom stereocenters. The molecule has 0 saturated carbocycles. The van der Waals surface area contributed by atoms with Gasteiger partial charge in [-0.05, 0) is 35.9 Å². The molecule has 0 saturated heterocycles. The molecule has 32 heavy (non-hydrogen) atoms. The minimum atomic E-state index is -0.0589. The number of nitrogens with one attached hydrogen (secondary N) is 1. The van der Waals surface area contributed by atoms with Crippen molar-refractivity contribution in [1.82, 2.24) is 4.57 Å². The van der Waals surface area contributed by atoms with Crippen LogP contribution < -0.4 is 14.8 Å². The molecular weight excluding hydrogens is 488 g/mol. The Bertz CT molecular complexity index is 1270. The molecule has 5 rings (SSSR count). The third kappa shape index (κ3) is 4.64. The predicted molar refractivity (Wildman–Crippen MR) is 132 cm³/mol. The van der Waals surface area contributed by atoms with Crippen molar-refractivity contribution in [3.63, 3.8) is 0 Å². The first-order chi connectivity index (χ1) is 15.7. The van der Waals surface area contributed by atoms with Crippen LogP contribution in [0.5, 0.6) is 11.5 Å². The highest BCUT2D eigenvalue weighted by Crippen LogP contribution is 2.33. The van der Waals surface area contributed by atoms with Crippen molar-refractivity contribution in [2.24, 2.45) is 0 Å². The number of halogens is 1. The van der Waals surface area contributed by atoms with Gasteiger partial charge >= 0.3 is 0 Å². The normalized spacial score (nSPS) is 12.7. The van der Waals surface area contributed by atoms with Gasteiger partial charge in [-0.25, -0.2) is 0 Å². The lowest BCUT2D eigenvalue weighted by molar-refractivity contribution is -0.113. The highest BCUT2D eigenvalue weighted by Gasteiger charge is 2.14. The van der Waals surface area contributed by atoms with Crippen LogP contribution in [0.2, 0.25) is 0 Å². The number of ether oxygens (including phenoxy) is 2. The van der Waals surface area contributed by atoms with Crippen molar-refractivity contribution in [2.75, 3.05) is 24.3 Å². The van der Waals surface area contributed by atoms with E-state index in [1.807, 2.05) is 24.3 Å². The molecule has 0 radical (unpaired) electrons. The number of hydrogen-bond donors (Lipinski definition) is 1. The summed E-state index contributed by atoms with van der Waals surface area (Å²) in [4.78, 5) is 13.7. The second-order valence-corrected chi connectivity index (χ2v) is 9.39. The zero-order valence-electron chi connectivity index (χ0n) is 17.2. The predicted octanol–water partition coefficient (Wildman–Crippen LogP) is 5.95. The quantitative estimate of drug-likeness (QED) is 0.326. The summed E-state index contributed by atoms with van der Waals surface area (Å²) in [6.45, 7) is 1.84. The molecular formula is C25H21BrN2O3S. The van der Waals surface area contributed by atoms with E-state index in [4.69, 9.17) is 9.47 Å². The van der Waals surface area contributed by atoms with Crippen LogP contribution in [0.3, 0.4) is 0 Å². The van der Waals surface area contributed by atoms with Gasteiger partial charge in [-0.2, -0.15) is 0 Å². The van der Waals surface area contributed by atoms with E-state index in [-0.39, 0.29) is 5.91 Å². The highest BCUT2D eigenvalue weighted by molar-refractivity contribution is 9.10. The van der Waals surface area contributed by atoms with Crippen LogP contribution in [0, 0.1) is 0 Å². The van der Waals surface area contributed by atoms with Gasteiger partial charge < -0.3 is 19.4 Å². The molecule has 0 fully saturated rings. The molecule has 2 heterocycles. The van der Waals surface area contributed by atoms with Gasteiger partial charge in [0.05, 0.1) is 5.75 Å². The van der Waals surface area contributed by atoms with Crippen LogP contribution in [0.4, 0.5) is 5.69 Å². The Kier molecular flexibility index (Phi) is 6.10. The van der Waals surface area contributed by atoms with Crippen LogP contribution in [0.1, 0.15) is 5.56 Å². The van der Waals surface area contributed by atoms with Crippen molar-refractivity contribution in [2.45, 2.75) is 11.4 Å². The lowest BCUT2D eigenvalue weighted by atomic mass is 10.2. The lowest BCUT2D eigenvalue weighted by Crippen LogP contribution is -2.17. The number of amides is 1. The fraction of sp³-hybridized carbons (Fsp3) is 0.160. The zero-order valence-corrected chi connectivity index (χ0v) is 19.6. The summed E-state index contributed by atoms with van der Waals surface area (Å²) in [6, 6.07) is 22.1. The van der Waals surface area contributed by atoms with E-state index in [1.165, 1.54) is 5.56 Å². The summed E-state index contributed by atoms with van der Waals surface area (Å²) in [5, 5.41) is 4.11. The summed E-state index contributed by atoms with van der Waals surface area (Å²) in [5.41, 5.74) is 3.09. The maximum Gasteiger partial charge on any atom is 0.234 e. The molecule has 1 aliphatic rings. The molecule has 0 unspecified atom stereocenters. The number of para-hydroxylation sites is 1. The first-order valence-corrected chi connectivity index (χ1v) is 12.1. The molecule has 1 amide bonds. The van der Waals surface area contributed by atoms with Crippen molar-refractivity contribution in [3.8, 4) is 11.5 Å². The van der Waals surface area contributed by atoms with E-state index in [1.54, 1.807) is 17.8 Å². The standard InChI is InChI=1S/C25H21BrN2O3S/c26-18-7-5-17(6-8-18)14-28-15-24(20-3-1-2-4-21(20)28)32-16-25(29)27-19-9-10-22-23(13-19)31-12-11-30-22/h1-10,13,15H,11-12,14,16H2,(H,27,29). The highest BCUT2D eigenvalue weighted by atomic mass is 79.9. The third-order valence-corrected chi connectivity index (χ3v) is 6.77. The summed E-state index contributed by atoms with van der Waals surface area (Å²) in [5.74, 6) is 1.64. The lowest BCUT2D eigenvalue weighted by Gasteiger charge is -2.19. The smallest absolute Gasteiger partial charge is 0.234 e. The third-order valence-electron chi connectivity index (χ3n) is 5.20. The number of fused-ring (bicyclic) bond motifs is 2. The van der Waals surface area contributed by atoms with Crippen LogP contribution in [-0.2, 0) is 11.3 Å². The number of benzene rings is 3. The summed E-state index contributed by atoms with van der Waals surface area (Å²) in [6.07, 6.45) is 2.13. The molecule has 0 spiro atoms. The number of nitrogens with zero attached hydrogens (tertiary/aromatic N) is 1. The number of thioether (sulfide) groups is 1. The molecule has 3 aromatic carbocycles. The number of hydrogen-bond acceptors (Lipinski definition) is 4. The second-order valence-electron chi connectivity index (χ2n) is 7.46. The molecule has 1 aromatic heterocycles. The topological polar surface area (TPSA) is 52.5 Å². The summed E-state index contributed by atoms with van der Waals surface area (Å²) < 4.78 is 14.4. The molecule has 1 N–H and O–H groups in total. The first-order valence-electron chi connectivity index (χ1n) is 10.3. The maximum absolute atomic E-state index is 12.6. The van der Waals surface area contributed by atoms with E-state index < -0.39 is 0 Å². The minimum absolute atomic E-state index is 0.0589. The maximum atomic E-state index is 12.6. The fourth-order valence-corrected chi connectivity index (χ4v) is 4.86. The second kappa shape index (κ2) is 9.30. The van der Waals surface area contributed by atoms with Gasteiger partial charge in [0.2, 0.25) is 5.91 Å². The van der Waals surface area contributed by atoms with Crippen molar-refractivity contribution < 1.29 is 14.3 Å². The monoisotopic (exact) mass is 508 g/mol. The summed E-state index contributed by atoms with van der Waals surface area (Å²) >= 11 is 5.03. The number of carbonyl (C=O) groups excluding carboxylic acids is 1. The van der Waals surface area contributed by atoms with Gasteiger partial charge in [0, 0.05) is 44.8 Å². The average Bonchev–Trinajstić information content (AvgIpc) is 3.16. The molecule has 0 aliphatic carbocycles. The van der Waals surface area contributed by atoms with Crippen LogP contribution >= 0.6 is 27.7 Å². The van der Waals surface area contributed by atoms with Gasteiger partial charge in [0.25, 0.3) is 0 Å². The largest absolute Gasteiger partial charge is 0.486 e. The van der Waals surface area contributed by atoms with Gasteiger partial charge in [0.15, 0.2) is 11.5 Å². The Morgan fingerprint density at radius 3 is 2.62 bits per heavy atom. The Labute approximate surface area is 198 Å². The molecule has 5 nitrogen and oxygen atoms in total. The Morgan fingerprint density at radius 1 is 1.00 bits per heavy atom. The molecule has 7 heteroatoms. The Morgan fingerprint density at radius 2 is 1.78 bits per heavy atom. The molecule has 0 bridgehead atoms. The summed E-state index contributed by atoms with van der Waals surface area (Å²) in [7, 11) is 0.